The van der Waals surface area contributed by atoms with E-state index in [4.69, 9.17) is 23.8 Å². The molecule has 0 atom stereocenters. The molecule has 7 heteroatoms. The minimum absolute atomic E-state index is 0.135. The molecule has 0 aromatic heterocycles. The molecule has 4 nitrogen and oxygen atoms in total. The highest BCUT2D eigenvalue weighted by Crippen LogP contribution is 2.32. The lowest BCUT2D eigenvalue weighted by Gasteiger charge is -2.14. The molecule has 0 radical (unpaired) electrons. The normalized spacial score (nSPS) is 15.6. The van der Waals surface area contributed by atoms with Crippen LogP contribution in [0.4, 0.5) is 5.69 Å². The van der Waals surface area contributed by atoms with Crippen molar-refractivity contribution in [1.29, 1.82) is 0 Å². The van der Waals surface area contributed by atoms with Gasteiger partial charge in [-0.3, -0.25) is 14.5 Å². The summed E-state index contributed by atoms with van der Waals surface area (Å²) in [7, 11) is 0. The van der Waals surface area contributed by atoms with Gasteiger partial charge in [0.1, 0.15) is 4.32 Å². The van der Waals surface area contributed by atoms with Gasteiger partial charge >= 0.3 is 0 Å². The first kappa shape index (κ1) is 18.6. The second-order valence-electron chi connectivity index (χ2n) is 5.52. The minimum Gasteiger partial charge on any atom is -0.325 e. The highest BCUT2D eigenvalue weighted by molar-refractivity contribution is 8.26. The number of halogens is 1. The van der Waals surface area contributed by atoms with Crippen LogP contribution in [0, 0.1) is 0 Å². The number of benzene rings is 2. The fourth-order valence-electron chi connectivity index (χ4n) is 2.38. The molecule has 1 fully saturated rings. The van der Waals surface area contributed by atoms with Gasteiger partial charge < -0.3 is 5.32 Å². The van der Waals surface area contributed by atoms with E-state index >= 15 is 0 Å². The molecule has 3 rings (SSSR count). The standard InChI is InChI=1S/C19H15ClN2O2S2/c20-14-8-4-5-9-15(14)21-17(23)10-11-22-18(24)16(26-19(22)25)12-13-6-2-1-3-7-13/h1-9,12H,10-11H2,(H,21,23). The Labute approximate surface area is 166 Å². The summed E-state index contributed by atoms with van der Waals surface area (Å²) in [5, 5.41) is 3.21. The van der Waals surface area contributed by atoms with E-state index in [2.05, 4.69) is 5.32 Å². The summed E-state index contributed by atoms with van der Waals surface area (Å²) in [6, 6.07) is 16.6. The van der Waals surface area contributed by atoms with E-state index in [1.54, 1.807) is 24.3 Å². The number of anilines is 1. The third-order valence-corrected chi connectivity index (χ3v) is 5.39. The van der Waals surface area contributed by atoms with E-state index in [0.717, 1.165) is 5.56 Å². The maximum atomic E-state index is 12.5. The second-order valence-corrected chi connectivity index (χ2v) is 7.61. The summed E-state index contributed by atoms with van der Waals surface area (Å²) in [6.07, 6.45) is 1.94. The third-order valence-electron chi connectivity index (χ3n) is 3.68. The van der Waals surface area contributed by atoms with Crippen LogP contribution in [0.5, 0.6) is 0 Å². The fourth-order valence-corrected chi connectivity index (χ4v) is 3.87. The van der Waals surface area contributed by atoms with Crippen LogP contribution in [0.2, 0.25) is 5.02 Å². The molecule has 0 spiro atoms. The zero-order valence-electron chi connectivity index (χ0n) is 13.6. The monoisotopic (exact) mass is 402 g/mol. The lowest BCUT2D eigenvalue weighted by molar-refractivity contribution is -0.122. The van der Waals surface area contributed by atoms with Gasteiger partial charge in [0.25, 0.3) is 5.91 Å². The number of amides is 2. The van der Waals surface area contributed by atoms with Crippen molar-refractivity contribution < 1.29 is 9.59 Å². The zero-order chi connectivity index (χ0) is 18.5. The maximum Gasteiger partial charge on any atom is 0.266 e. The third kappa shape index (κ3) is 4.52. The Morgan fingerprint density at radius 3 is 2.58 bits per heavy atom. The highest BCUT2D eigenvalue weighted by atomic mass is 35.5. The summed E-state index contributed by atoms with van der Waals surface area (Å²) < 4.78 is 0.461. The van der Waals surface area contributed by atoms with Crippen molar-refractivity contribution in [2.75, 3.05) is 11.9 Å². The van der Waals surface area contributed by atoms with E-state index < -0.39 is 0 Å². The molecule has 132 valence electrons. The molecule has 1 N–H and O–H groups in total. The smallest absolute Gasteiger partial charge is 0.266 e. The molecule has 0 bridgehead atoms. The number of thioether (sulfide) groups is 1. The summed E-state index contributed by atoms with van der Waals surface area (Å²) in [5.74, 6) is -0.395. The molecule has 1 heterocycles. The van der Waals surface area contributed by atoms with Gasteiger partial charge in [0, 0.05) is 13.0 Å². The number of carbonyl (C=O) groups excluding carboxylic acids is 2. The first-order chi connectivity index (χ1) is 12.5. The Bertz CT molecular complexity index is 884. The Balaban J connectivity index is 1.61. The van der Waals surface area contributed by atoms with Gasteiger partial charge in [0.15, 0.2) is 0 Å². The van der Waals surface area contributed by atoms with E-state index in [1.807, 2.05) is 36.4 Å². The van der Waals surface area contributed by atoms with Gasteiger partial charge in [0.05, 0.1) is 15.6 Å². The lowest BCUT2D eigenvalue weighted by Crippen LogP contribution is -2.31. The molecule has 0 aliphatic carbocycles. The lowest BCUT2D eigenvalue weighted by atomic mass is 10.2. The van der Waals surface area contributed by atoms with E-state index in [1.165, 1.54) is 16.7 Å². The highest BCUT2D eigenvalue weighted by Gasteiger charge is 2.32. The molecule has 1 saturated heterocycles. The summed E-state index contributed by atoms with van der Waals surface area (Å²) in [4.78, 5) is 26.7. The summed E-state index contributed by atoms with van der Waals surface area (Å²) in [5.41, 5.74) is 1.48. The number of nitrogens with one attached hydrogen (secondary N) is 1. The van der Waals surface area contributed by atoms with Crippen LogP contribution in [0.15, 0.2) is 59.5 Å². The number of hydrogen-bond acceptors (Lipinski definition) is 4. The van der Waals surface area contributed by atoms with Crippen LogP contribution in [0.25, 0.3) is 6.08 Å². The number of para-hydroxylation sites is 1. The molecule has 0 saturated carbocycles. The molecule has 1 aliphatic rings. The van der Waals surface area contributed by atoms with Crippen LogP contribution in [0.1, 0.15) is 12.0 Å². The molecule has 26 heavy (non-hydrogen) atoms. The molecule has 0 unspecified atom stereocenters. The van der Waals surface area contributed by atoms with E-state index in [-0.39, 0.29) is 24.8 Å². The second kappa shape index (κ2) is 8.49. The predicted octanol–water partition coefficient (Wildman–Crippen LogP) is 4.57. The Morgan fingerprint density at radius 2 is 1.85 bits per heavy atom. The largest absolute Gasteiger partial charge is 0.325 e. The van der Waals surface area contributed by atoms with Crippen LogP contribution in [0.3, 0.4) is 0 Å². The topological polar surface area (TPSA) is 49.4 Å². The van der Waals surface area contributed by atoms with Gasteiger partial charge in [-0.1, -0.05) is 78.0 Å². The number of nitrogens with zero attached hydrogens (tertiary/aromatic N) is 1. The first-order valence-corrected chi connectivity index (χ1v) is 9.49. The molecule has 1 aliphatic heterocycles. The van der Waals surface area contributed by atoms with Crippen LogP contribution >= 0.6 is 35.6 Å². The summed E-state index contributed by atoms with van der Waals surface area (Å²) in [6.45, 7) is 0.229. The van der Waals surface area contributed by atoms with Crippen molar-refractivity contribution in [2.45, 2.75) is 6.42 Å². The Morgan fingerprint density at radius 1 is 1.15 bits per heavy atom. The van der Waals surface area contributed by atoms with Crippen molar-refractivity contribution in [3.8, 4) is 0 Å². The van der Waals surface area contributed by atoms with Crippen molar-refractivity contribution >= 4 is 63.5 Å². The van der Waals surface area contributed by atoms with Crippen LogP contribution in [-0.2, 0) is 9.59 Å². The van der Waals surface area contributed by atoms with Gasteiger partial charge in [-0.05, 0) is 23.8 Å². The molecule has 2 aromatic rings. The van der Waals surface area contributed by atoms with Crippen molar-refractivity contribution in [3.05, 3.63) is 70.1 Å². The van der Waals surface area contributed by atoms with E-state index in [9.17, 15) is 9.59 Å². The maximum absolute atomic E-state index is 12.5. The molecular formula is C19H15ClN2O2S2. The van der Waals surface area contributed by atoms with Gasteiger partial charge in [0.2, 0.25) is 5.91 Å². The van der Waals surface area contributed by atoms with E-state index in [0.29, 0.717) is 19.9 Å². The summed E-state index contributed by atoms with van der Waals surface area (Å²) >= 11 is 12.6. The van der Waals surface area contributed by atoms with Crippen molar-refractivity contribution in [3.63, 3.8) is 0 Å². The predicted molar refractivity (Wildman–Crippen MR) is 111 cm³/mol. The Kier molecular flexibility index (Phi) is 6.08. The van der Waals surface area contributed by atoms with Crippen molar-refractivity contribution in [1.82, 2.24) is 4.90 Å². The van der Waals surface area contributed by atoms with Crippen LogP contribution < -0.4 is 5.32 Å². The number of rotatable bonds is 5. The zero-order valence-corrected chi connectivity index (χ0v) is 16.0. The van der Waals surface area contributed by atoms with Gasteiger partial charge in [-0.25, -0.2) is 0 Å². The molecular weight excluding hydrogens is 388 g/mol. The van der Waals surface area contributed by atoms with Gasteiger partial charge in [-0.2, -0.15) is 0 Å². The number of hydrogen-bond donors (Lipinski definition) is 1. The Hall–Kier alpha value is -2.15. The van der Waals surface area contributed by atoms with Gasteiger partial charge in [-0.15, -0.1) is 0 Å². The van der Waals surface area contributed by atoms with Crippen molar-refractivity contribution in [2.24, 2.45) is 0 Å². The first-order valence-electron chi connectivity index (χ1n) is 7.89. The SMILES string of the molecule is O=C(CCN1C(=O)C(=Cc2ccccc2)SC1=S)Nc1ccccc1Cl. The molecule has 2 aromatic carbocycles. The minimum atomic E-state index is -0.223. The number of thiocarbonyl (C=S) groups is 1. The fraction of sp³-hybridized carbons (Fsp3) is 0.105. The number of carbonyl (C=O) groups is 2. The van der Waals surface area contributed by atoms with Crippen LogP contribution in [-0.4, -0.2) is 27.6 Å². The quantitative estimate of drug-likeness (QED) is 0.588. The average molecular weight is 403 g/mol. The average Bonchev–Trinajstić information content (AvgIpc) is 2.89. The molecule has 2 amide bonds.